The zero-order valence-corrected chi connectivity index (χ0v) is 10.9. The maximum Gasteiger partial charge on any atom is 0.175 e. The molecular weight excluding hydrogens is 280 g/mol. The first-order chi connectivity index (χ1) is 8.24. The van der Waals surface area contributed by atoms with Gasteiger partial charge in [-0.15, -0.1) is 0 Å². The maximum atomic E-state index is 5.89. The molecule has 88 valence electrons. The van der Waals surface area contributed by atoms with Crippen molar-refractivity contribution in [2.75, 3.05) is 5.73 Å². The fourth-order valence-corrected chi connectivity index (χ4v) is 2.25. The summed E-state index contributed by atoms with van der Waals surface area (Å²) in [6.45, 7) is 0. The number of rotatable bonds is 3. The normalized spacial score (nSPS) is 15.1. The molecule has 0 aliphatic heterocycles. The zero-order chi connectivity index (χ0) is 11.8. The molecule has 4 heteroatoms. The third kappa shape index (κ3) is 2.22. The van der Waals surface area contributed by atoms with Gasteiger partial charge in [-0.1, -0.05) is 33.2 Å². The summed E-state index contributed by atoms with van der Waals surface area (Å²) in [6.07, 6.45) is 3.54. The third-order valence-corrected chi connectivity index (χ3v) is 3.62. The summed E-state index contributed by atoms with van der Waals surface area (Å²) < 4.78 is 6.40. The second-order valence-electron chi connectivity index (χ2n) is 4.52. The smallest absolute Gasteiger partial charge is 0.175 e. The van der Waals surface area contributed by atoms with Gasteiger partial charge in [0.1, 0.15) is 5.76 Å². The van der Waals surface area contributed by atoms with Crippen molar-refractivity contribution in [3.63, 3.8) is 0 Å². The van der Waals surface area contributed by atoms with E-state index in [4.69, 9.17) is 10.3 Å². The predicted molar refractivity (Wildman–Crippen MR) is 70.5 cm³/mol. The highest BCUT2D eigenvalue weighted by atomic mass is 79.9. The van der Waals surface area contributed by atoms with Crippen LogP contribution in [0.15, 0.2) is 33.3 Å². The maximum absolute atomic E-state index is 5.89. The Morgan fingerprint density at radius 2 is 2.00 bits per heavy atom. The van der Waals surface area contributed by atoms with Crippen LogP contribution in [0.2, 0.25) is 0 Å². The molecule has 1 aromatic heterocycles. The fraction of sp³-hybridized carbons (Fsp3) is 0.308. The minimum atomic E-state index is 0.489. The molecule has 0 unspecified atom stereocenters. The van der Waals surface area contributed by atoms with Crippen molar-refractivity contribution in [3.05, 3.63) is 34.5 Å². The lowest BCUT2D eigenvalue weighted by atomic mass is 10.0. The zero-order valence-electron chi connectivity index (χ0n) is 9.32. The fourth-order valence-electron chi connectivity index (χ4n) is 1.99. The van der Waals surface area contributed by atoms with Crippen molar-refractivity contribution in [1.82, 2.24) is 5.16 Å². The first-order valence-electron chi connectivity index (χ1n) is 5.74. The van der Waals surface area contributed by atoms with E-state index in [1.54, 1.807) is 0 Å². The van der Waals surface area contributed by atoms with Crippen molar-refractivity contribution in [2.24, 2.45) is 5.92 Å². The summed E-state index contributed by atoms with van der Waals surface area (Å²) in [5.74, 6) is 2.17. The highest BCUT2D eigenvalue weighted by Gasteiger charge is 2.26. The minimum absolute atomic E-state index is 0.489. The molecule has 17 heavy (non-hydrogen) atoms. The molecule has 1 aliphatic carbocycles. The van der Waals surface area contributed by atoms with E-state index in [2.05, 4.69) is 21.1 Å². The number of hydrogen-bond acceptors (Lipinski definition) is 3. The van der Waals surface area contributed by atoms with Crippen molar-refractivity contribution in [2.45, 2.75) is 19.3 Å². The van der Waals surface area contributed by atoms with Gasteiger partial charge in [0.25, 0.3) is 0 Å². The Hall–Kier alpha value is -1.29. The van der Waals surface area contributed by atoms with E-state index in [-0.39, 0.29) is 0 Å². The molecule has 1 aliphatic rings. The molecule has 0 radical (unpaired) electrons. The Labute approximate surface area is 108 Å². The Bertz CT molecular complexity index is 529. The van der Waals surface area contributed by atoms with Crippen molar-refractivity contribution in [3.8, 4) is 11.1 Å². The van der Waals surface area contributed by atoms with Crippen LogP contribution in [0.5, 0.6) is 0 Å². The molecule has 0 bridgehead atoms. The molecule has 3 nitrogen and oxygen atoms in total. The lowest BCUT2D eigenvalue weighted by Crippen LogP contribution is -1.91. The van der Waals surface area contributed by atoms with Gasteiger partial charge in [0.2, 0.25) is 0 Å². The van der Waals surface area contributed by atoms with Crippen LogP contribution >= 0.6 is 15.9 Å². The molecule has 0 spiro atoms. The van der Waals surface area contributed by atoms with E-state index < -0.39 is 0 Å². The van der Waals surface area contributed by atoms with Gasteiger partial charge in [-0.05, 0) is 36.5 Å². The number of benzene rings is 1. The van der Waals surface area contributed by atoms with Crippen LogP contribution in [0.4, 0.5) is 5.82 Å². The second-order valence-corrected chi connectivity index (χ2v) is 5.44. The molecule has 0 atom stereocenters. The van der Waals surface area contributed by atoms with Gasteiger partial charge in [0.05, 0.1) is 5.56 Å². The lowest BCUT2D eigenvalue weighted by Gasteiger charge is -2.02. The summed E-state index contributed by atoms with van der Waals surface area (Å²) in [5.41, 5.74) is 7.93. The van der Waals surface area contributed by atoms with E-state index in [1.165, 1.54) is 12.8 Å². The predicted octanol–water partition coefficient (Wildman–Crippen LogP) is 3.64. The van der Waals surface area contributed by atoms with Crippen LogP contribution in [0.25, 0.3) is 11.1 Å². The van der Waals surface area contributed by atoms with E-state index in [9.17, 15) is 0 Å². The monoisotopic (exact) mass is 292 g/mol. The molecule has 1 aromatic carbocycles. The van der Waals surface area contributed by atoms with Gasteiger partial charge in [-0.2, -0.15) is 0 Å². The van der Waals surface area contributed by atoms with Crippen LogP contribution < -0.4 is 5.73 Å². The highest BCUT2D eigenvalue weighted by Crippen LogP contribution is 2.38. The van der Waals surface area contributed by atoms with Crippen LogP contribution in [0, 0.1) is 5.92 Å². The molecule has 2 N–H and O–H groups in total. The van der Waals surface area contributed by atoms with E-state index in [0.29, 0.717) is 5.82 Å². The Balaban J connectivity index is 1.99. The Morgan fingerprint density at radius 1 is 1.29 bits per heavy atom. The summed E-state index contributed by atoms with van der Waals surface area (Å²) in [6, 6.07) is 8.07. The summed E-state index contributed by atoms with van der Waals surface area (Å²) >= 11 is 3.43. The number of anilines is 1. The molecule has 1 heterocycles. The average Bonchev–Trinajstić information content (AvgIpc) is 3.05. The van der Waals surface area contributed by atoms with E-state index in [0.717, 1.165) is 33.7 Å². The topological polar surface area (TPSA) is 52.0 Å². The SMILES string of the molecule is Nc1noc(CC2CC2)c1-c1ccc(Br)cc1. The summed E-state index contributed by atoms with van der Waals surface area (Å²) in [4.78, 5) is 0. The minimum Gasteiger partial charge on any atom is -0.380 e. The van der Waals surface area contributed by atoms with Crippen molar-refractivity contribution >= 4 is 21.7 Å². The van der Waals surface area contributed by atoms with E-state index >= 15 is 0 Å². The van der Waals surface area contributed by atoms with E-state index in [1.807, 2.05) is 24.3 Å². The number of nitrogens with two attached hydrogens (primary N) is 1. The third-order valence-electron chi connectivity index (χ3n) is 3.09. The van der Waals surface area contributed by atoms with Gasteiger partial charge in [0, 0.05) is 10.9 Å². The molecule has 1 saturated carbocycles. The summed E-state index contributed by atoms with van der Waals surface area (Å²) in [5, 5.41) is 3.89. The van der Waals surface area contributed by atoms with Gasteiger partial charge in [-0.3, -0.25) is 0 Å². The summed E-state index contributed by atoms with van der Waals surface area (Å²) in [7, 11) is 0. The quantitative estimate of drug-likeness (QED) is 0.940. The highest BCUT2D eigenvalue weighted by molar-refractivity contribution is 9.10. The number of nitrogen functional groups attached to an aromatic ring is 1. The number of aromatic nitrogens is 1. The number of hydrogen-bond donors (Lipinski definition) is 1. The standard InChI is InChI=1S/C13H13BrN2O/c14-10-5-3-9(4-6-10)12-11(7-8-1-2-8)17-16-13(12)15/h3-6,8H,1-2,7H2,(H2,15,16). The second kappa shape index (κ2) is 4.18. The van der Waals surface area contributed by atoms with Crippen LogP contribution in [0.3, 0.4) is 0 Å². The van der Waals surface area contributed by atoms with Gasteiger partial charge in [-0.25, -0.2) is 0 Å². The van der Waals surface area contributed by atoms with Crippen molar-refractivity contribution < 1.29 is 4.52 Å². The Morgan fingerprint density at radius 3 is 2.65 bits per heavy atom. The first kappa shape index (κ1) is 10.8. The molecule has 0 saturated heterocycles. The van der Waals surface area contributed by atoms with Crippen LogP contribution in [-0.2, 0) is 6.42 Å². The average molecular weight is 293 g/mol. The molecule has 2 aromatic rings. The first-order valence-corrected chi connectivity index (χ1v) is 6.53. The van der Waals surface area contributed by atoms with Gasteiger partial charge in [0.15, 0.2) is 5.82 Å². The van der Waals surface area contributed by atoms with Gasteiger partial charge < -0.3 is 10.3 Å². The number of nitrogens with zero attached hydrogens (tertiary/aromatic N) is 1. The lowest BCUT2D eigenvalue weighted by molar-refractivity contribution is 0.381. The Kier molecular flexibility index (Phi) is 2.67. The van der Waals surface area contributed by atoms with Crippen molar-refractivity contribution in [1.29, 1.82) is 0 Å². The van der Waals surface area contributed by atoms with Crippen LogP contribution in [0.1, 0.15) is 18.6 Å². The van der Waals surface area contributed by atoms with Crippen LogP contribution in [-0.4, -0.2) is 5.16 Å². The molecule has 0 amide bonds. The molecule has 3 rings (SSSR count). The largest absolute Gasteiger partial charge is 0.380 e. The van der Waals surface area contributed by atoms with Gasteiger partial charge >= 0.3 is 0 Å². The molecular formula is C13H13BrN2O. The molecule has 1 fully saturated rings. The number of halogens is 1.